The van der Waals surface area contributed by atoms with Gasteiger partial charge in [-0.05, 0) is 42.8 Å². The van der Waals surface area contributed by atoms with Gasteiger partial charge in [0.05, 0.1) is 30.5 Å². The zero-order valence-electron chi connectivity index (χ0n) is 15.7. The van der Waals surface area contributed by atoms with E-state index in [-0.39, 0.29) is 34.9 Å². The normalized spacial score (nSPS) is 14.3. The Morgan fingerprint density at radius 3 is 2.14 bits per heavy atom. The van der Waals surface area contributed by atoms with E-state index >= 15 is 0 Å². The Morgan fingerprint density at radius 1 is 0.929 bits per heavy atom. The minimum absolute atomic E-state index is 0.0811. The Labute approximate surface area is 163 Å². The van der Waals surface area contributed by atoms with E-state index < -0.39 is 21.8 Å². The van der Waals surface area contributed by atoms with Crippen molar-refractivity contribution in [2.75, 3.05) is 23.8 Å². The number of sulfonamides is 1. The SMILES string of the molecule is COc1ccc(C)cc1NS(=O)(=O)c1ccc(OC)c(N2C(=O)CCC2=O)c1. The molecule has 1 N–H and O–H groups in total. The summed E-state index contributed by atoms with van der Waals surface area (Å²) in [6.07, 6.45) is 0.162. The number of rotatable bonds is 6. The van der Waals surface area contributed by atoms with Crippen LogP contribution in [-0.2, 0) is 19.6 Å². The van der Waals surface area contributed by atoms with E-state index in [0.717, 1.165) is 10.5 Å². The van der Waals surface area contributed by atoms with Crippen molar-refractivity contribution in [1.82, 2.24) is 0 Å². The lowest BCUT2D eigenvalue weighted by Crippen LogP contribution is -2.29. The molecule has 0 spiro atoms. The smallest absolute Gasteiger partial charge is 0.262 e. The van der Waals surface area contributed by atoms with Crippen molar-refractivity contribution in [1.29, 1.82) is 0 Å². The van der Waals surface area contributed by atoms with Gasteiger partial charge in [-0.25, -0.2) is 13.3 Å². The summed E-state index contributed by atoms with van der Waals surface area (Å²) in [4.78, 5) is 25.0. The van der Waals surface area contributed by atoms with E-state index in [1.54, 1.807) is 18.2 Å². The average molecular weight is 404 g/mol. The molecule has 2 amide bonds. The average Bonchev–Trinajstić information content (AvgIpc) is 2.99. The topological polar surface area (TPSA) is 102 Å². The second kappa shape index (κ2) is 7.51. The van der Waals surface area contributed by atoms with E-state index in [2.05, 4.69) is 4.72 Å². The first-order valence-electron chi connectivity index (χ1n) is 8.48. The second-order valence-corrected chi connectivity index (χ2v) is 7.95. The third-order valence-corrected chi connectivity index (χ3v) is 5.72. The van der Waals surface area contributed by atoms with Gasteiger partial charge in [-0.15, -0.1) is 0 Å². The molecule has 1 fully saturated rings. The maximum atomic E-state index is 12.9. The number of aryl methyl sites for hydroxylation is 1. The van der Waals surface area contributed by atoms with Crippen LogP contribution in [0.4, 0.5) is 11.4 Å². The van der Waals surface area contributed by atoms with Gasteiger partial charge in [0.1, 0.15) is 11.5 Å². The lowest BCUT2D eigenvalue weighted by Gasteiger charge is -2.19. The zero-order chi connectivity index (χ0) is 20.5. The molecule has 28 heavy (non-hydrogen) atoms. The number of nitrogens with one attached hydrogen (secondary N) is 1. The number of amides is 2. The predicted octanol–water partition coefficient (Wildman–Crippen LogP) is 2.47. The van der Waals surface area contributed by atoms with Gasteiger partial charge in [-0.2, -0.15) is 0 Å². The molecular weight excluding hydrogens is 384 g/mol. The highest BCUT2D eigenvalue weighted by Gasteiger charge is 2.33. The first-order chi connectivity index (χ1) is 13.3. The Morgan fingerprint density at radius 2 is 1.54 bits per heavy atom. The van der Waals surface area contributed by atoms with Gasteiger partial charge in [-0.1, -0.05) is 6.07 Å². The Kier molecular flexibility index (Phi) is 5.28. The highest BCUT2D eigenvalue weighted by molar-refractivity contribution is 7.92. The van der Waals surface area contributed by atoms with Crippen LogP contribution in [-0.4, -0.2) is 34.5 Å². The van der Waals surface area contributed by atoms with Crippen LogP contribution in [0.25, 0.3) is 0 Å². The van der Waals surface area contributed by atoms with Crippen LogP contribution in [0.1, 0.15) is 18.4 Å². The number of ether oxygens (including phenoxy) is 2. The fraction of sp³-hybridized carbons (Fsp3) is 0.263. The van der Waals surface area contributed by atoms with Crippen LogP contribution in [0.5, 0.6) is 11.5 Å². The van der Waals surface area contributed by atoms with Gasteiger partial charge < -0.3 is 9.47 Å². The molecule has 3 rings (SSSR count). The molecule has 0 aromatic heterocycles. The molecule has 9 heteroatoms. The lowest BCUT2D eigenvalue weighted by atomic mass is 10.2. The second-order valence-electron chi connectivity index (χ2n) is 6.27. The zero-order valence-corrected chi connectivity index (χ0v) is 16.5. The molecule has 1 aliphatic heterocycles. The highest BCUT2D eigenvalue weighted by atomic mass is 32.2. The van der Waals surface area contributed by atoms with E-state index in [4.69, 9.17) is 9.47 Å². The number of imide groups is 1. The highest BCUT2D eigenvalue weighted by Crippen LogP contribution is 2.35. The molecule has 0 aliphatic carbocycles. The van der Waals surface area contributed by atoms with Crippen molar-refractivity contribution in [3.8, 4) is 11.5 Å². The third-order valence-electron chi connectivity index (χ3n) is 4.35. The largest absolute Gasteiger partial charge is 0.495 e. The number of carbonyl (C=O) groups excluding carboxylic acids is 2. The van der Waals surface area contributed by atoms with E-state index in [9.17, 15) is 18.0 Å². The van der Waals surface area contributed by atoms with Gasteiger partial charge in [0, 0.05) is 12.8 Å². The quantitative estimate of drug-likeness (QED) is 0.742. The van der Waals surface area contributed by atoms with Crippen molar-refractivity contribution in [3.63, 3.8) is 0 Å². The van der Waals surface area contributed by atoms with Crippen LogP contribution >= 0.6 is 0 Å². The van der Waals surface area contributed by atoms with Gasteiger partial charge in [0.25, 0.3) is 10.0 Å². The number of nitrogens with zero attached hydrogens (tertiary/aromatic N) is 1. The molecule has 0 saturated carbocycles. The maximum Gasteiger partial charge on any atom is 0.262 e. The van der Waals surface area contributed by atoms with Gasteiger partial charge >= 0.3 is 0 Å². The molecule has 1 aliphatic rings. The van der Waals surface area contributed by atoms with E-state index in [0.29, 0.717) is 5.75 Å². The molecule has 0 radical (unpaired) electrons. The van der Waals surface area contributed by atoms with Gasteiger partial charge in [0.2, 0.25) is 11.8 Å². The number of hydrogen-bond acceptors (Lipinski definition) is 6. The molecule has 1 saturated heterocycles. The van der Waals surface area contributed by atoms with Crippen LogP contribution in [0, 0.1) is 6.92 Å². The van der Waals surface area contributed by atoms with Gasteiger partial charge in [0.15, 0.2) is 0 Å². The Hall–Kier alpha value is -3.07. The fourth-order valence-corrected chi connectivity index (χ4v) is 4.04. The van der Waals surface area contributed by atoms with Gasteiger partial charge in [-0.3, -0.25) is 14.3 Å². The van der Waals surface area contributed by atoms with Crippen LogP contribution < -0.4 is 19.1 Å². The summed E-state index contributed by atoms with van der Waals surface area (Å²) < 4.78 is 38.7. The lowest BCUT2D eigenvalue weighted by molar-refractivity contribution is -0.121. The number of benzene rings is 2. The minimum Gasteiger partial charge on any atom is -0.495 e. The molecule has 0 unspecified atom stereocenters. The van der Waals surface area contributed by atoms with Crippen molar-refractivity contribution in [3.05, 3.63) is 42.0 Å². The van der Waals surface area contributed by atoms with Crippen molar-refractivity contribution in [2.45, 2.75) is 24.7 Å². The number of anilines is 2. The molecule has 1 heterocycles. The molecular formula is C19H20N2O6S. The fourth-order valence-electron chi connectivity index (χ4n) is 2.96. The molecule has 148 valence electrons. The first kappa shape index (κ1) is 19.7. The third kappa shape index (κ3) is 3.65. The summed E-state index contributed by atoms with van der Waals surface area (Å²) in [6.45, 7) is 1.83. The summed E-state index contributed by atoms with van der Waals surface area (Å²) in [7, 11) is -1.18. The molecule has 0 bridgehead atoms. The van der Waals surface area contributed by atoms with Crippen LogP contribution in [0.3, 0.4) is 0 Å². The number of hydrogen-bond donors (Lipinski definition) is 1. The van der Waals surface area contributed by atoms with E-state index in [1.807, 2.05) is 6.92 Å². The molecule has 2 aromatic rings. The summed E-state index contributed by atoms with van der Waals surface area (Å²) in [5, 5.41) is 0. The Bertz CT molecular complexity index is 1030. The van der Waals surface area contributed by atoms with E-state index in [1.165, 1.54) is 32.4 Å². The molecule has 0 atom stereocenters. The number of carbonyl (C=O) groups is 2. The van der Waals surface area contributed by atoms with Crippen molar-refractivity contribution >= 4 is 33.2 Å². The monoisotopic (exact) mass is 404 g/mol. The summed E-state index contributed by atoms with van der Waals surface area (Å²) in [6, 6.07) is 9.12. The summed E-state index contributed by atoms with van der Waals surface area (Å²) >= 11 is 0. The standard InChI is InChI=1S/C19H20N2O6S/c1-12-4-6-16(26-2)14(10-12)20-28(24,25)13-5-7-17(27-3)15(11-13)21-18(22)8-9-19(21)23/h4-7,10-11,20H,8-9H2,1-3H3. The first-order valence-corrected chi connectivity index (χ1v) is 9.96. The molecule has 8 nitrogen and oxygen atoms in total. The maximum absolute atomic E-state index is 12.9. The van der Waals surface area contributed by atoms with Crippen LogP contribution in [0.2, 0.25) is 0 Å². The summed E-state index contributed by atoms with van der Waals surface area (Å²) in [5.41, 5.74) is 1.24. The molecule has 2 aromatic carbocycles. The van der Waals surface area contributed by atoms with Crippen LogP contribution in [0.15, 0.2) is 41.3 Å². The number of methoxy groups -OCH3 is 2. The van der Waals surface area contributed by atoms with Crippen molar-refractivity contribution < 1.29 is 27.5 Å². The predicted molar refractivity (Wildman–Crippen MR) is 103 cm³/mol. The summed E-state index contributed by atoms with van der Waals surface area (Å²) in [5.74, 6) is -0.194. The Balaban J connectivity index is 2.03. The minimum atomic E-state index is -4.01. The van der Waals surface area contributed by atoms with Crippen molar-refractivity contribution in [2.24, 2.45) is 0 Å².